The number of carboxylic acid groups (broad SMARTS) is 1. The predicted octanol–water partition coefficient (Wildman–Crippen LogP) is 0.806. The zero-order chi connectivity index (χ0) is 12.6. The molecule has 1 rings (SSSR count). The number of hydrogen-bond acceptors (Lipinski definition) is 3. The molecule has 0 radical (unpaired) electrons. The van der Waals surface area contributed by atoms with Crippen LogP contribution in [-0.4, -0.2) is 43.0 Å². The number of nitrogens with one attached hydrogen (secondary N) is 2. The zero-order valence-corrected chi connectivity index (χ0v) is 10.00. The fourth-order valence-corrected chi connectivity index (χ4v) is 1.97. The van der Waals surface area contributed by atoms with Gasteiger partial charge in [0.25, 0.3) is 0 Å². The van der Waals surface area contributed by atoms with E-state index in [4.69, 9.17) is 16.3 Å². The minimum absolute atomic E-state index is 0.175. The van der Waals surface area contributed by atoms with Crippen molar-refractivity contribution in [3.05, 3.63) is 0 Å². The topological polar surface area (TPSA) is 70.6 Å². The van der Waals surface area contributed by atoms with Gasteiger partial charge in [-0.05, 0) is 25.8 Å². The molecule has 1 heterocycles. The highest BCUT2D eigenvalue weighted by Crippen LogP contribution is 2.20. The molecule has 0 bridgehead atoms. The van der Waals surface area contributed by atoms with Crippen molar-refractivity contribution in [1.82, 2.24) is 10.6 Å². The maximum Gasteiger partial charge on any atom is 0.404 e. The average molecular weight is 240 g/mol. The molecular weight excluding hydrogens is 220 g/mol. The summed E-state index contributed by atoms with van der Waals surface area (Å²) in [5, 5.41) is 14.6. The molecule has 3 N–H and O–H groups in total. The van der Waals surface area contributed by atoms with Crippen molar-refractivity contribution >= 4 is 6.09 Å². The highest BCUT2D eigenvalue weighted by molar-refractivity contribution is 5.64. The van der Waals surface area contributed by atoms with Crippen LogP contribution in [0.1, 0.15) is 25.7 Å². The molecule has 1 aliphatic heterocycles. The SMILES string of the molecule is C#CCCCNC1(CNC(=O)O)CCOCC1. The van der Waals surface area contributed by atoms with Gasteiger partial charge in [-0.3, -0.25) is 0 Å². The molecule has 1 saturated heterocycles. The summed E-state index contributed by atoms with van der Waals surface area (Å²) in [6.45, 7) is 2.57. The van der Waals surface area contributed by atoms with Gasteiger partial charge in [-0.2, -0.15) is 0 Å². The Bertz CT molecular complexity index is 280. The molecule has 5 heteroatoms. The van der Waals surface area contributed by atoms with Gasteiger partial charge in [-0.15, -0.1) is 12.3 Å². The van der Waals surface area contributed by atoms with Crippen molar-refractivity contribution in [3.8, 4) is 12.3 Å². The summed E-state index contributed by atoms with van der Waals surface area (Å²) in [7, 11) is 0. The first-order chi connectivity index (χ1) is 8.18. The summed E-state index contributed by atoms with van der Waals surface area (Å²) in [5.74, 6) is 2.59. The first-order valence-corrected chi connectivity index (χ1v) is 5.92. The number of terminal acetylenes is 1. The molecule has 96 valence electrons. The first-order valence-electron chi connectivity index (χ1n) is 5.92. The Labute approximate surface area is 102 Å². The fourth-order valence-electron chi connectivity index (χ4n) is 1.97. The standard InChI is InChI=1S/C12H20N2O3/c1-2-3-4-7-14-12(10-13-11(15)16)5-8-17-9-6-12/h1,13-14H,3-10H2,(H,15,16). The fraction of sp³-hybridized carbons (Fsp3) is 0.750. The summed E-state index contributed by atoms with van der Waals surface area (Å²) in [5.41, 5.74) is -0.175. The van der Waals surface area contributed by atoms with E-state index in [2.05, 4.69) is 16.6 Å². The lowest BCUT2D eigenvalue weighted by atomic mass is 9.89. The molecule has 0 atom stereocenters. The summed E-state index contributed by atoms with van der Waals surface area (Å²) in [6, 6.07) is 0. The van der Waals surface area contributed by atoms with Gasteiger partial charge in [0.1, 0.15) is 0 Å². The molecule has 0 aliphatic carbocycles. The second-order valence-electron chi connectivity index (χ2n) is 4.29. The van der Waals surface area contributed by atoms with Crippen LogP contribution in [-0.2, 0) is 4.74 Å². The summed E-state index contributed by atoms with van der Waals surface area (Å²) in [6.07, 6.45) is 7.50. The van der Waals surface area contributed by atoms with Gasteiger partial charge >= 0.3 is 6.09 Å². The Morgan fingerprint density at radius 1 is 1.47 bits per heavy atom. The van der Waals surface area contributed by atoms with E-state index in [9.17, 15) is 4.79 Å². The van der Waals surface area contributed by atoms with Gasteiger partial charge in [-0.25, -0.2) is 4.79 Å². The van der Waals surface area contributed by atoms with Crippen LogP contribution in [0.3, 0.4) is 0 Å². The average Bonchev–Trinajstić information content (AvgIpc) is 2.34. The van der Waals surface area contributed by atoms with E-state index in [0.717, 1.165) is 32.2 Å². The third-order valence-corrected chi connectivity index (χ3v) is 3.03. The second-order valence-corrected chi connectivity index (χ2v) is 4.29. The highest BCUT2D eigenvalue weighted by atomic mass is 16.5. The third-order valence-electron chi connectivity index (χ3n) is 3.03. The van der Waals surface area contributed by atoms with Gasteiger partial charge in [0.2, 0.25) is 0 Å². The minimum atomic E-state index is -0.985. The molecule has 1 fully saturated rings. The Balaban J connectivity index is 2.40. The second kappa shape index (κ2) is 7.15. The molecule has 0 saturated carbocycles. The van der Waals surface area contributed by atoms with Crippen molar-refractivity contribution in [2.75, 3.05) is 26.3 Å². The molecule has 5 nitrogen and oxygen atoms in total. The Hall–Kier alpha value is -1.25. The van der Waals surface area contributed by atoms with Crippen molar-refractivity contribution in [2.24, 2.45) is 0 Å². The van der Waals surface area contributed by atoms with Gasteiger partial charge in [0.05, 0.1) is 0 Å². The number of amides is 1. The molecule has 0 aromatic carbocycles. The summed E-state index contributed by atoms with van der Waals surface area (Å²) < 4.78 is 5.31. The van der Waals surface area contributed by atoms with E-state index in [1.807, 2.05) is 0 Å². The van der Waals surface area contributed by atoms with E-state index < -0.39 is 6.09 Å². The number of carbonyl (C=O) groups is 1. The lowest BCUT2D eigenvalue weighted by molar-refractivity contribution is 0.0382. The van der Waals surface area contributed by atoms with Gasteiger partial charge in [0, 0.05) is 31.7 Å². The van der Waals surface area contributed by atoms with E-state index in [-0.39, 0.29) is 5.54 Å². The lowest BCUT2D eigenvalue weighted by Gasteiger charge is -2.38. The van der Waals surface area contributed by atoms with Crippen LogP contribution >= 0.6 is 0 Å². The van der Waals surface area contributed by atoms with E-state index in [1.165, 1.54) is 0 Å². The van der Waals surface area contributed by atoms with Crippen molar-refractivity contribution in [1.29, 1.82) is 0 Å². The number of ether oxygens (including phenoxy) is 1. The smallest absolute Gasteiger partial charge is 0.404 e. The van der Waals surface area contributed by atoms with Crippen molar-refractivity contribution in [3.63, 3.8) is 0 Å². The normalized spacial score (nSPS) is 18.3. The van der Waals surface area contributed by atoms with Crippen molar-refractivity contribution < 1.29 is 14.6 Å². The largest absolute Gasteiger partial charge is 0.465 e. The lowest BCUT2D eigenvalue weighted by Crippen LogP contribution is -2.56. The van der Waals surface area contributed by atoms with Crippen LogP contribution in [0.25, 0.3) is 0 Å². The molecule has 0 aromatic heterocycles. The maximum absolute atomic E-state index is 10.6. The first kappa shape index (κ1) is 13.8. The van der Waals surface area contributed by atoms with Crippen LogP contribution in [0.4, 0.5) is 4.79 Å². The molecule has 0 spiro atoms. The molecular formula is C12H20N2O3. The van der Waals surface area contributed by atoms with Crippen LogP contribution < -0.4 is 10.6 Å². The quantitative estimate of drug-likeness (QED) is 0.474. The summed E-state index contributed by atoms with van der Waals surface area (Å²) in [4.78, 5) is 10.6. The molecule has 0 unspecified atom stereocenters. The highest BCUT2D eigenvalue weighted by Gasteiger charge is 2.32. The molecule has 0 aromatic rings. The minimum Gasteiger partial charge on any atom is -0.465 e. The van der Waals surface area contributed by atoms with E-state index in [0.29, 0.717) is 19.8 Å². The predicted molar refractivity (Wildman–Crippen MR) is 64.9 cm³/mol. The van der Waals surface area contributed by atoms with Crippen LogP contribution in [0.5, 0.6) is 0 Å². The van der Waals surface area contributed by atoms with Crippen LogP contribution in [0.2, 0.25) is 0 Å². The molecule has 1 aliphatic rings. The number of hydrogen-bond donors (Lipinski definition) is 3. The number of unbranched alkanes of at least 4 members (excludes halogenated alkanes) is 1. The monoisotopic (exact) mass is 240 g/mol. The third kappa shape index (κ3) is 5.07. The van der Waals surface area contributed by atoms with E-state index >= 15 is 0 Å². The maximum atomic E-state index is 10.6. The summed E-state index contributed by atoms with van der Waals surface area (Å²) >= 11 is 0. The Morgan fingerprint density at radius 2 is 2.18 bits per heavy atom. The Kier molecular flexibility index (Phi) is 5.81. The number of rotatable bonds is 6. The van der Waals surface area contributed by atoms with Crippen LogP contribution in [0.15, 0.2) is 0 Å². The van der Waals surface area contributed by atoms with Gasteiger partial charge in [0.15, 0.2) is 0 Å². The van der Waals surface area contributed by atoms with E-state index in [1.54, 1.807) is 0 Å². The molecule has 17 heavy (non-hydrogen) atoms. The van der Waals surface area contributed by atoms with Gasteiger partial charge in [-0.1, -0.05) is 0 Å². The zero-order valence-electron chi connectivity index (χ0n) is 10.00. The van der Waals surface area contributed by atoms with Crippen molar-refractivity contribution in [2.45, 2.75) is 31.2 Å². The van der Waals surface area contributed by atoms with Crippen LogP contribution in [0, 0.1) is 12.3 Å². The molecule has 1 amide bonds. The van der Waals surface area contributed by atoms with Gasteiger partial charge < -0.3 is 20.5 Å². The Morgan fingerprint density at radius 3 is 2.76 bits per heavy atom.